The number of hydrogen-bond acceptors (Lipinski definition) is 6. The van der Waals surface area contributed by atoms with Crippen molar-refractivity contribution in [3.63, 3.8) is 0 Å². The van der Waals surface area contributed by atoms with Crippen molar-refractivity contribution < 1.29 is 19.1 Å². The normalized spacial score (nSPS) is 20.6. The van der Waals surface area contributed by atoms with E-state index in [9.17, 15) is 14.4 Å². The van der Waals surface area contributed by atoms with E-state index < -0.39 is 11.3 Å². The Morgan fingerprint density at radius 1 is 1.30 bits per heavy atom. The first-order valence-electron chi connectivity index (χ1n) is 5.69. The summed E-state index contributed by atoms with van der Waals surface area (Å²) >= 11 is 0. The van der Waals surface area contributed by atoms with Gasteiger partial charge in [-0.15, -0.1) is 0 Å². The van der Waals surface area contributed by atoms with Crippen molar-refractivity contribution in [1.82, 2.24) is 10.6 Å². The minimum atomic E-state index is -0.648. The SMILES string of the molecule is COC(=O)SS[C@H]1NC(=O)[C@H]1NC(=O)c1ccccc1. The van der Waals surface area contributed by atoms with Gasteiger partial charge in [-0.25, -0.2) is 4.79 Å². The van der Waals surface area contributed by atoms with Gasteiger partial charge >= 0.3 is 5.30 Å². The standard InChI is InChI=1S/C12H12N2O4S2/c1-18-12(17)20-19-11-8(10(16)14-11)13-9(15)7-5-3-2-4-6-7/h2-6,8,11H,1H3,(H,13,15)(H,14,16)/t8-,11-/m1/s1. The van der Waals surface area contributed by atoms with Crippen molar-refractivity contribution in [2.45, 2.75) is 11.4 Å². The Morgan fingerprint density at radius 2 is 2.00 bits per heavy atom. The van der Waals surface area contributed by atoms with Crippen LogP contribution in [0.5, 0.6) is 0 Å². The van der Waals surface area contributed by atoms with E-state index in [0.29, 0.717) is 5.56 Å². The molecule has 0 saturated carbocycles. The highest BCUT2D eigenvalue weighted by Gasteiger charge is 2.41. The average Bonchev–Trinajstić information content (AvgIpc) is 2.49. The van der Waals surface area contributed by atoms with Crippen LogP contribution in [-0.2, 0) is 9.53 Å². The highest BCUT2D eigenvalue weighted by Crippen LogP contribution is 2.32. The van der Waals surface area contributed by atoms with Gasteiger partial charge in [-0.1, -0.05) is 29.0 Å². The number of β-lactam (4-membered cyclic amide) rings is 1. The molecule has 8 heteroatoms. The van der Waals surface area contributed by atoms with Gasteiger partial charge in [-0.3, -0.25) is 9.59 Å². The second-order valence-electron chi connectivity index (χ2n) is 3.88. The fourth-order valence-corrected chi connectivity index (χ4v) is 3.46. The average molecular weight is 312 g/mol. The lowest BCUT2D eigenvalue weighted by Gasteiger charge is -2.35. The largest absolute Gasteiger partial charge is 0.460 e. The van der Waals surface area contributed by atoms with Crippen LogP contribution in [0.15, 0.2) is 30.3 Å². The van der Waals surface area contributed by atoms with Crippen molar-refractivity contribution >= 4 is 38.7 Å². The van der Waals surface area contributed by atoms with Crippen LogP contribution in [0.1, 0.15) is 10.4 Å². The first kappa shape index (κ1) is 14.7. The first-order valence-corrected chi connectivity index (χ1v) is 7.90. The van der Waals surface area contributed by atoms with Gasteiger partial charge in [0.15, 0.2) is 0 Å². The smallest absolute Gasteiger partial charge is 0.377 e. The molecule has 0 bridgehead atoms. The van der Waals surface area contributed by atoms with Gasteiger partial charge in [0.1, 0.15) is 11.4 Å². The molecule has 0 spiro atoms. The number of nitrogens with one attached hydrogen (secondary N) is 2. The van der Waals surface area contributed by atoms with Gasteiger partial charge in [0, 0.05) is 16.4 Å². The van der Waals surface area contributed by atoms with Crippen LogP contribution in [0.25, 0.3) is 0 Å². The quantitative estimate of drug-likeness (QED) is 0.496. The minimum Gasteiger partial charge on any atom is -0.460 e. The van der Waals surface area contributed by atoms with Gasteiger partial charge < -0.3 is 15.4 Å². The molecule has 1 aromatic carbocycles. The molecule has 1 heterocycles. The van der Waals surface area contributed by atoms with Gasteiger partial charge in [0.05, 0.1) is 7.11 Å². The zero-order valence-electron chi connectivity index (χ0n) is 10.5. The Hall–Kier alpha value is -1.67. The fourth-order valence-electron chi connectivity index (χ4n) is 1.51. The Balaban J connectivity index is 1.89. The molecule has 106 valence electrons. The number of amides is 2. The number of carbonyl (C=O) groups excluding carboxylic acids is 3. The molecule has 6 nitrogen and oxygen atoms in total. The Bertz CT molecular complexity index is 523. The summed E-state index contributed by atoms with van der Waals surface area (Å²) in [6.07, 6.45) is 0. The van der Waals surface area contributed by atoms with E-state index in [1.54, 1.807) is 30.3 Å². The molecular formula is C12H12N2O4S2. The Kier molecular flexibility index (Phi) is 4.91. The van der Waals surface area contributed by atoms with E-state index in [2.05, 4.69) is 15.4 Å². The molecular weight excluding hydrogens is 300 g/mol. The van der Waals surface area contributed by atoms with E-state index in [4.69, 9.17) is 0 Å². The number of carbonyl (C=O) groups is 3. The molecule has 2 rings (SSSR count). The number of rotatable bonds is 4. The van der Waals surface area contributed by atoms with Crippen LogP contribution in [0, 0.1) is 0 Å². The highest BCUT2D eigenvalue weighted by molar-refractivity contribution is 8.82. The van der Waals surface area contributed by atoms with E-state index in [-0.39, 0.29) is 17.2 Å². The molecule has 2 N–H and O–H groups in total. The summed E-state index contributed by atoms with van der Waals surface area (Å²) in [4.78, 5) is 34.4. The summed E-state index contributed by atoms with van der Waals surface area (Å²) in [6, 6.07) is 7.97. The summed E-state index contributed by atoms with van der Waals surface area (Å²) in [5.74, 6) is -0.587. The van der Waals surface area contributed by atoms with Crippen molar-refractivity contribution in [2.24, 2.45) is 0 Å². The fraction of sp³-hybridized carbons (Fsp3) is 0.250. The van der Waals surface area contributed by atoms with Crippen LogP contribution in [0.2, 0.25) is 0 Å². The molecule has 1 fully saturated rings. The summed E-state index contributed by atoms with van der Waals surface area (Å²) in [5, 5.41) is 4.44. The van der Waals surface area contributed by atoms with Crippen LogP contribution in [0.3, 0.4) is 0 Å². The van der Waals surface area contributed by atoms with Gasteiger partial charge in [-0.05, 0) is 12.1 Å². The van der Waals surface area contributed by atoms with Gasteiger partial charge in [0.2, 0.25) is 5.91 Å². The van der Waals surface area contributed by atoms with E-state index in [1.807, 2.05) is 0 Å². The zero-order valence-corrected chi connectivity index (χ0v) is 12.1. The molecule has 0 radical (unpaired) electrons. The topological polar surface area (TPSA) is 84.5 Å². The van der Waals surface area contributed by atoms with Gasteiger partial charge in [0.25, 0.3) is 5.91 Å². The molecule has 0 aromatic heterocycles. The number of hydrogen-bond donors (Lipinski definition) is 2. The van der Waals surface area contributed by atoms with Crippen molar-refractivity contribution in [1.29, 1.82) is 0 Å². The minimum absolute atomic E-state index is 0.266. The molecule has 1 aromatic rings. The number of benzene rings is 1. The predicted molar refractivity (Wildman–Crippen MR) is 77.2 cm³/mol. The molecule has 1 aliphatic rings. The molecule has 2 atom stereocenters. The maximum absolute atomic E-state index is 11.9. The number of ether oxygens (including phenoxy) is 1. The second kappa shape index (κ2) is 6.67. The van der Waals surface area contributed by atoms with E-state index >= 15 is 0 Å². The zero-order chi connectivity index (χ0) is 14.5. The van der Waals surface area contributed by atoms with Crippen LogP contribution < -0.4 is 10.6 Å². The highest BCUT2D eigenvalue weighted by atomic mass is 33.1. The molecule has 2 amide bonds. The summed E-state index contributed by atoms with van der Waals surface area (Å²) in [6.45, 7) is 0. The second-order valence-corrected chi connectivity index (χ2v) is 6.16. The predicted octanol–water partition coefficient (Wildman–Crippen LogP) is 1.39. The third-order valence-electron chi connectivity index (χ3n) is 2.58. The molecule has 0 unspecified atom stereocenters. The molecule has 1 aliphatic heterocycles. The lowest BCUT2D eigenvalue weighted by atomic mass is 10.1. The van der Waals surface area contributed by atoms with Crippen LogP contribution >= 0.6 is 21.6 Å². The number of methoxy groups -OCH3 is 1. The summed E-state index contributed by atoms with van der Waals surface area (Å²) in [5.41, 5.74) is 0.483. The van der Waals surface area contributed by atoms with Crippen molar-refractivity contribution in [2.75, 3.05) is 7.11 Å². The molecule has 0 aliphatic carbocycles. The third-order valence-corrected chi connectivity index (χ3v) is 4.89. The van der Waals surface area contributed by atoms with Crippen molar-refractivity contribution in [3.8, 4) is 0 Å². The van der Waals surface area contributed by atoms with Crippen molar-refractivity contribution in [3.05, 3.63) is 35.9 Å². The molecule has 20 heavy (non-hydrogen) atoms. The lowest BCUT2D eigenvalue weighted by Crippen LogP contribution is -2.67. The van der Waals surface area contributed by atoms with Crippen LogP contribution in [0.4, 0.5) is 4.79 Å². The van der Waals surface area contributed by atoms with Crippen LogP contribution in [-0.4, -0.2) is 35.6 Å². The first-order chi connectivity index (χ1) is 9.61. The maximum Gasteiger partial charge on any atom is 0.377 e. The van der Waals surface area contributed by atoms with E-state index in [1.165, 1.54) is 7.11 Å². The Labute approximate surface area is 123 Å². The van der Waals surface area contributed by atoms with Gasteiger partial charge in [-0.2, -0.15) is 0 Å². The lowest BCUT2D eigenvalue weighted by molar-refractivity contribution is -0.129. The summed E-state index contributed by atoms with van der Waals surface area (Å²) < 4.78 is 4.48. The Morgan fingerprint density at radius 3 is 2.60 bits per heavy atom. The maximum atomic E-state index is 11.9. The summed E-state index contributed by atoms with van der Waals surface area (Å²) in [7, 11) is 3.30. The molecule has 1 saturated heterocycles. The van der Waals surface area contributed by atoms with E-state index in [0.717, 1.165) is 21.6 Å². The monoisotopic (exact) mass is 312 g/mol. The third kappa shape index (κ3) is 3.45.